The number of benzene rings is 2. The van der Waals surface area contributed by atoms with Crippen molar-refractivity contribution in [3.63, 3.8) is 0 Å². The van der Waals surface area contributed by atoms with E-state index in [0.29, 0.717) is 24.5 Å². The van der Waals surface area contributed by atoms with Crippen LogP contribution in [0.1, 0.15) is 12.0 Å². The zero-order chi connectivity index (χ0) is 13.9. The summed E-state index contributed by atoms with van der Waals surface area (Å²) in [6.45, 7) is 1.24. The van der Waals surface area contributed by atoms with E-state index in [9.17, 15) is 4.79 Å². The molecule has 2 aromatic carbocycles. The lowest BCUT2D eigenvalue weighted by molar-refractivity contribution is -0.118. The molecule has 1 aliphatic heterocycles. The molecule has 0 radical (unpaired) electrons. The first-order valence-electron chi connectivity index (χ1n) is 6.62. The summed E-state index contributed by atoms with van der Waals surface area (Å²) in [5, 5.41) is 4.00. The lowest BCUT2D eigenvalue weighted by Crippen LogP contribution is -2.29. The molecule has 0 unspecified atom stereocenters. The van der Waals surface area contributed by atoms with Gasteiger partial charge in [-0.2, -0.15) is 0 Å². The highest BCUT2D eigenvalue weighted by Crippen LogP contribution is 2.29. The SMILES string of the molecule is O=C1CCNc2ccccc2N1Cc1ccc(Cl)cc1. The molecule has 0 saturated carbocycles. The number of fused-ring (bicyclic) bond motifs is 1. The molecule has 3 rings (SSSR count). The van der Waals surface area contributed by atoms with Crippen molar-refractivity contribution in [3.8, 4) is 0 Å². The number of halogens is 1. The summed E-state index contributed by atoms with van der Waals surface area (Å²) in [7, 11) is 0. The third-order valence-corrected chi connectivity index (χ3v) is 3.66. The predicted octanol–water partition coefficient (Wildman–Crippen LogP) is 3.69. The highest BCUT2D eigenvalue weighted by atomic mass is 35.5. The molecule has 20 heavy (non-hydrogen) atoms. The van der Waals surface area contributed by atoms with Crippen LogP contribution in [0.5, 0.6) is 0 Å². The molecule has 0 spiro atoms. The molecule has 3 nitrogen and oxygen atoms in total. The number of hydrogen-bond donors (Lipinski definition) is 1. The monoisotopic (exact) mass is 286 g/mol. The van der Waals surface area contributed by atoms with E-state index in [2.05, 4.69) is 5.32 Å². The minimum absolute atomic E-state index is 0.136. The summed E-state index contributed by atoms with van der Waals surface area (Å²) in [6, 6.07) is 15.5. The smallest absolute Gasteiger partial charge is 0.229 e. The van der Waals surface area contributed by atoms with Gasteiger partial charge in [0.15, 0.2) is 0 Å². The second-order valence-electron chi connectivity index (χ2n) is 4.80. The number of amides is 1. The van der Waals surface area contributed by atoms with Gasteiger partial charge in [0.25, 0.3) is 0 Å². The first kappa shape index (κ1) is 13.0. The molecule has 102 valence electrons. The molecular formula is C16H15ClN2O. The second kappa shape index (κ2) is 5.55. The van der Waals surface area contributed by atoms with Gasteiger partial charge in [0.2, 0.25) is 5.91 Å². The van der Waals surface area contributed by atoms with E-state index in [1.54, 1.807) is 0 Å². The summed E-state index contributed by atoms with van der Waals surface area (Å²) in [6.07, 6.45) is 0.502. The third kappa shape index (κ3) is 2.63. The number of para-hydroxylation sites is 2. The largest absolute Gasteiger partial charge is 0.383 e. The number of carbonyl (C=O) groups excluding carboxylic acids is 1. The molecular weight excluding hydrogens is 272 g/mol. The molecule has 0 atom stereocenters. The highest BCUT2D eigenvalue weighted by Gasteiger charge is 2.21. The fourth-order valence-corrected chi connectivity index (χ4v) is 2.50. The zero-order valence-corrected chi connectivity index (χ0v) is 11.7. The van der Waals surface area contributed by atoms with E-state index in [4.69, 9.17) is 11.6 Å². The van der Waals surface area contributed by atoms with Crippen LogP contribution in [-0.4, -0.2) is 12.5 Å². The van der Waals surface area contributed by atoms with Gasteiger partial charge in [-0.25, -0.2) is 0 Å². The number of carbonyl (C=O) groups is 1. The van der Waals surface area contributed by atoms with E-state index >= 15 is 0 Å². The number of nitrogens with zero attached hydrogens (tertiary/aromatic N) is 1. The Morgan fingerprint density at radius 3 is 2.65 bits per heavy atom. The molecule has 0 bridgehead atoms. The predicted molar refractivity (Wildman–Crippen MR) is 82.2 cm³/mol. The maximum Gasteiger partial charge on any atom is 0.229 e. The molecule has 0 fully saturated rings. The van der Waals surface area contributed by atoms with Crippen LogP contribution < -0.4 is 10.2 Å². The van der Waals surface area contributed by atoms with Crippen LogP contribution in [0.2, 0.25) is 5.02 Å². The number of nitrogens with one attached hydrogen (secondary N) is 1. The maximum absolute atomic E-state index is 12.3. The van der Waals surface area contributed by atoms with Gasteiger partial charge >= 0.3 is 0 Å². The van der Waals surface area contributed by atoms with Crippen LogP contribution in [0, 0.1) is 0 Å². The van der Waals surface area contributed by atoms with Crippen molar-refractivity contribution in [3.05, 3.63) is 59.1 Å². The highest BCUT2D eigenvalue weighted by molar-refractivity contribution is 6.30. The van der Waals surface area contributed by atoms with Gasteiger partial charge in [-0.05, 0) is 29.8 Å². The molecule has 4 heteroatoms. The molecule has 1 aliphatic rings. The molecule has 1 N–H and O–H groups in total. The number of rotatable bonds is 2. The third-order valence-electron chi connectivity index (χ3n) is 3.40. The van der Waals surface area contributed by atoms with Crippen molar-refractivity contribution >= 4 is 28.9 Å². The fraction of sp³-hybridized carbons (Fsp3) is 0.188. The Bertz CT molecular complexity index is 625. The zero-order valence-electron chi connectivity index (χ0n) is 11.0. The molecule has 1 amide bonds. The van der Waals surface area contributed by atoms with Crippen molar-refractivity contribution < 1.29 is 4.79 Å². The van der Waals surface area contributed by atoms with Gasteiger partial charge in [0.05, 0.1) is 17.9 Å². The van der Waals surface area contributed by atoms with Gasteiger partial charge in [-0.15, -0.1) is 0 Å². The quantitative estimate of drug-likeness (QED) is 0.913. The Balaban J connectivity index is 1.94. The Labute approximate surface area is 123 Å². The first-order chi connectivity index (χ1) is 9.74. The van der Waals surface area contributed by atoms with Crippen molar-refractivity contribution in [2.75, 3.05) is 16.8 Å². The number of anilines is 2. The Morgan fingerprint density at radius 2 is 1.85 bits per heavy atom. The molecule has 1 heterocycles. The van der Waals surface area contributed by atoms with E-state index in [0.717, 1.165) is 16.9 Å². The topological polar surface area (TPSA) is 32.3 Å². The van der Waals surface area contributed by atoms with Gasteiger partial charge in [0, 0.05) is 18.0 Å². The van der Waals surface area contributed by atoms with Crippen molar-refractivity contribution in [2.45, 2.75) is 13.0 Å². The standard InChI is InChI=1S/C16H15ClN2O/c17-13-7-5-12(6-8-13)11-19-15-4-2-1-3-14(15)18-10-9-16(19)20/h1-8,18H,9-11H2. The Morgan fingerprint density at radius 1 is 1.10 bits per heavy atom. The summed E-state index contributed by atoms with van der Waals surface area (Å²) in [5.41, 5.74) is 3.01. The average molecular weight is 287 g/mol. The summed E-state index contributed by atoms with van der Waals surface area (Å²) < 4.78 is 0. The van der Waals surface area contributed by atoms with Gasteiger partial charge in [0.1, 0.15) is 0 Å². The normalized spacial score (nSPS) is 14.4. The van der Waals surface area contributed by atoms with Crippen LogP contribution in [0.25, 0.3) is 0 Å². The average Bonchev–Trinajstić information content (AvgIpc) is 2.62. The van der Waals surface area contributed by atoms with Crippen LogP contribution >= 0.6 is 11.6 Å². The van der Waals surface area contributed by atoms with E-state index in [-0.39, 0.29) is 5.91 Å². The molecule has 0 saturated heterocycles. The van der Waals surface area contributed by atoms with Gasteiger partial charge in [-0.1, -0.05) is 35.9 Å². The lowest BCUT2D eigenvalue weighted by atomic mass is 10.2. The maximum atomic E-state index is 12.3. The van der Waals surface area contributed by atoms with Gasteiger partial charge < -0.3 is 10.2 Å². The Kier molecular flexibility index (Phi) is 3.61. The number of hydrogen-bond acceptors (Lipinski definition) is 2. The minimum atomic E-state index is 0.136. The van der Waals surface area contributed by atoms with Gasteiger partial charge in [-0.3, -0.25) is 4.79 Å². The van der Waals surface area contributed by atoms with E-state index in [1.165, 1.54) is 0 Å². The van der Waals surface area contributed by atoms with Crippen molar-refractivity contribution in [1.82, 2.24) is 0 Å². The second-order valence-corrected chi connectivity index (χ2v) is 5.24. The van der Waals surface area contributed by atoms with E-state index < -0.39 is 0 Å². The lowest BCUT2D eigenvalue weighted by Gasteiger charge is -2.22. The van der Waals surface area contributed by atoms with Crippen LogP contribution in [0.15, 0.2) is 48.5 Å². The van der Waals surface area contributed by atoms with Crippen LogP contribution in [-0.2, 0) is 11.3 Å². The summed E-state index contributed by atoms with van der Waals surface area (Å²) in [5.74, 6) is 0.136. The van der Waals surface area contributed by atoms with Crippen LogP contribution in [0.4, 0.5) is 11.4 Å². The fourth-order valence-electron chi connectivity index (χ4n) is 2.38. The summed E-state index contributed by atoms with van der Waals surface area (Å²) >= 11 is 5.90. The van der Waals surface area contributed by atoms with Crippen LogP contribution in [0.3, 0.4) is 0 Å². The molecule has 0 aliphatic carbocycles. The summed E-state index contributed by atoms with van der Waals surface area (Å²) in [4.78, 5) is 14.1. The molecule has 0 aromatic heterocycles. The Hall–Kier alpha value is -2.00. The first-order valence-corrected chi connectivity index (χ1v) is 6.99. The molecule has 2 aromatic rings. The minimum Gasteiger partial charge on any atom is -0.383 e. The van der Waals surface area contributed by atoms with E-state index in [1.807, 2.05) is 53.4 Å². The van der Waals surface area contributed by atoms with Crippen molar-refractivity contribution in [1.29, 1.82) is 0 Å². The van der Waals surface area contributed by atoms with Crippen molar-refractivity contribution in [2.24, 2.45) is 0 Å².